The molecule has 0 unspecified atom stereocenters. The Morgan fingerprint density at radius 3 is 2.50 bits per heavy atom. The van der Waals surface area contributed by atoms with Gasteiger partial charge in [-0.1, -0.05) is 15.9 Å². The predicted molar refractivity (Wildman–Crippen MR) is 76.3 cm³/mol. The second-order valence-corrected chi connectivity index (χ2v) is 5.98. The molecule has 0 bridgehead atoms. The molecular formula is C13H8BrF3N2S. The van der Waals surface area contributed by atoms with Crippen LogP contribution in [-0.4, -0.2) is 0 Å². The molecular weight excluding hydrogens is 353 g/mol. The van der Waals surface area contributed by atoms with E-state index >= 15 is 0 Å². The van der Waals surface area contributed by atoms with Crippen LogP contribution in [0.3, 0.4) is 0 Å². The van der Waals surface area contributed by atoms with Gasteiger partial charge < -0.3 is 5.73 Å². The topological polar surface area (TPSA) is 49.8 Å². The number of nitrogens with zero attached hydrogens (tertiary/aromatic N) is 1. The van der Waals surface area contributed by atoms with Gasteiger partial charge in [0, 0.05) is 14.9 Å². The number of thiophene rings is 1. The quantitative estimate of drug-likeness (QED) is 0.781. The van der Waals surface area contributed by atoms with Crippen LogP contribution in [0.15, 0.2) is 22.7 Å². The fraction of sp³-hybridized carbons (Fsp3) is 0.154. The van der Waals surface area contributed by atoms with Gasteiger partial charge in [-0.25, -0.2) is 0 Å². The standard InChI is InChI=1S/C13H8BrF3N2S/c1-6-11(19)10(5-18)20-12(6)8-4-7(13(15,16)17)2-3-9(8)14/h2-4H,19H2,1H3. The molecule has 0 radical (unpaired) electrons. The Labute approximate surface area is 125 Å². The summed E-state index contributed by atoms with van der Waals surface area (Å²) in [7, 11) is 0. The zero-order chi connectivity index (χ0) is 15.1. The third kappa shape index (κ3) is 2.53. The molecule has 0 aliphatic rings. The number of hydrogen-bond donors (Lipinski definition) is 1. The maximum Gasteiger partial charge on any atom is 0.416 e. The molecule has 0 saturated carbocycles. The van der Waals surface area contributed by atoms with Gasteiger partial charge in [-0.3, -0.25) is 0 Å². The molecule has 2 N–H and O–H groups in total. The van der Waals surface area contributed by atoms with Crippen LogP contribution in [0.25, 0.3) is 10.4 Å². The summed E-state index contributed by atoms with van der Waals surface area (Å²) in [6.45, 7) is 1.69. The second-order valence-electron chi connectivity index (χ2n) is 4.10. The molecule has 0 saturated heterocycles. The van der Waals surface area contributed by atoms with Crippen molar-refractivity contribution in [3.63, 3.8) is 0 Å². The summed E-state index contributed by atoms with van der Waals surface area (Å²) in [6.07, 6.45) is -4.41. The maximum atomic E-state index is 12.8. The monoisotopic (exact) mass is 360 g/mol. The van der Waals surface area contributed by atoms with Gasteiger partial charge in [-0.05, 0) is 30.7 Å². The zero-order valence-electron chi connectivity index (χ0n) is 10.2. The lowest BCUT2D eigenvalue weighted by molar-refractivity contribution is -0.137. The van der Waals surface area contributed by atoms with Crippen molar-refractivity contribution in [3.8, 4) is 16.5 Å². The number of rotatable bonds is 1. The minimum Gasteiger partial charge on any atom is -0.397 e. The predicted octanol–water partition coefficient (Wildman–Crippen LogP) is 4.96. The van der Waals surface area contributed by atoms with E-state index in [4.69, 9.17) is 11.0 Å². The number of nitrogen functional groups attached to an aromatic ring is 1. The van der Waals surface area contributed by atoms with E-state index in [1.807, 2.05) is 6.07 Å². The summed E-state index contributed by atoms with van der Waals surface area (Å²) in [5, 5.41) is 8.94. The molecule has 0 aliphatic heterocycles. The normalized spacial score (nSPS) is 11.4. The average molecular weight is 361 g/mol. The molecule has 20 heavy (non-hydrogen) atoms. The van der Waals surface area contributed by atoms with Crippen LogP contribution >= 0.6 is 27.3 Å². The first-order valence-electron chi connectivity index (χ1n) is 5.41. The summed E-state index contributed by atoms with van der Waals surface area (Å²) >= 11 is 4.33. The van der Waals surface area contributed by atoms with Crippen molar-refractivity contribution in [1.29, 1.82) is 5.26 Å². The molecule has 7 heteroatoms. The molecule has 2 aromatic rings. The van der Waals surface area contributed by atoms with Crippen molar-refractivity contribution in [1.82, 2.24) is 0 Å². The first kappa shape index (κ1) is 14.9. The Morgan fingerprint density at radius 2 is 2.00 bits per heavy atom. The largest absolute Gasteiger partial charge is 0.416 e. The number of alkyl halides is 3. The number of anilines is 1. The van der Waals surface area contributed by atoms with Gasteiger partial charge >= 0.3 is 6.18 Å². The number of nitriles is 1. The van der Waals surface area contributed by atoms with Crippen molar-refractivity contribution in [3.05, 3.63) is 38.7 Å². The number of benzene rings is 1. The van der Waals surface area contributed by atoms with Gasteiger partial charge in [0.1, 0.15) is 10.9 Å². The molecule has 104 valence electrons. The van der Waals surface area contributed by atoms with Crippen LogP contribution in [0.1, 0.15) is 16.0 Å². The van der Waals surface area contributed by atoms with Gasteiger partial charge in [0.05, 0.1) is 11.3 Å². The van der Waals surface area contributed by atoms with Crippen LogP contribution in [0.5, 0.6) is 0 Å². The SMILES string of the molecule is Cc1c(-c2cc(C(F)(F)F)ccc2Br)sc(C#N)c1N. The molecule has 2 nitrogen and oxygen atoms in total. The van der Waals surface area contributed by atoms with E-state index in [-0.39, 0.29) is 0 Å². The van der Waals surface area contributed by atoms with E-state index < -0.39 is 11.7 Å². The van der Waals surface area contributed by atoms with E-state index in [1.54, 1.807) is 6.92 Å². The molecule has 1 aromatic heterocycles. The summed E-state index contributed by atoms with van der Waals surface area (Å²) in [5.41, 5.74) is 6.36. The highest BCUT2D eigenvalue weighted by molar-refractivity contribution is 9.10. The summed E-state index contributed by atoms with van der Waals surface area (Å²) in [6, 6.07) is 5.36. The van der Waals surface area contributed by atoms with Crippen molar-refractivity contribution in [2.75, 3.05) is 5.73 Å². The highest BCUT2D eigenvalue weighted by Crippen LogP contribution is 2.42. The van der Waals surface area contributed by atoms with Gasteiger partial charge in [0.2, 0.25) is 0 Å². The smallest absolute Gasteiger partial charge is 0.397 e. The van der Waals surface area contributed by atoms with Crippen LogP contribution in [0, 0.1) is 18.3 Å². The zero-order valence-corrected chi connectivity index (χ0v) is 12.6. The first-order chi connectivity index (χ1) is 9.25. The number of halogens is 4. The minimum atomic E-state index is -4.41. The van der Waals surface area contributed by atoms with Crippen molar-refractivity contribution >= 4 is 33.0 Å². The second kappa shape index (κ2) is 5.11. The van der Waals surface area contributed by atoms with Crippen LogP contribution in [0.4, 0.5) is 18.9 Å². The van der Waals surface area contributed by atoms with E-state index in [1.165, 1.54) is 6.07 Å². The Hall–Kier alpha value is -1.52. The minimum absolute atomic E-state index is 0.307. The molecule has 0 aliphatic carbocycles. The third-order valence-corrected chi connectivity index (χ3v) is 4.77. The molecule has 1 aromatic carbocycles. The molecule has 1 heterocycles. The van der Waals surface area contributed by atoms with Gasteiger partial charge in [-0.2, -0.15) is 18.4 Å². The fourth-order valence-corrected chi connectivity index (χ4v) is 3.37. The van der Waals surface area contributed by atoms with Gasteiger partial charge in [-0.15, -0.1) is 11.3 Å². The van der Waals surface area contributed by atoms with E-state index in [2.05, 4.69) is 15.9 Å². The van der Waals surface area contributed by atoms with Crippen molar-refractivity contribution in [2.45, 2.75) is 13.1 Å². The molecule has 0 spiro atoms. The van der Waals surface area contributed by atoms with E-state index in [9.17, 15) is 13.2 Å². The van der Waals surface area contributed by atoms with E-state index in [0.29, 0.717) is 31.0 Å². The lowest BCUT2D eigenvalue weighted by Crippen LogP contribution is -2.04. The molecule has 0 amide bonds. The Bertz CT molecular complexity index is 714. The fourth-order valence-electron chi connectivity index (χ4n) is 1.74. The Balaban J connectivity index is 2.67. The van der Waals surface area contributed by atoms with Gasteiger partial charge in [0.15, 0.2) is 0 Å². The highest BCUT2D eigenvalue weighted by atomic mass is 79.9. The molecule has 2 rings (SSSR count). The van der Waals surface area contributed by atoms with Crippen LogP contribution in [0.2, 0.25) is 0 Å². The maximum absolute atomic E-state index is 12.8. The molecule has 0 atom stereocenters. The average Bonchev–Trinajstić information content (AvgIpc) is 2.65. The third-order valence-electron chi connectivity index (χ3n) is 2.83. The number of hydrogen-bond acceptors (Lipinski definition) is 3. The summed E-state index contributed by atoms with van der Waals surface area (Å²) in [4.78, 5) is 0.874. The Morgan fingerprint density at radius 1 is 1.35 bits per heavy atom. The van der Waals surface area contributed by atoms with Gasteiger partial charge in [0.25, 0.3) is 0 Å². The van der Waals surface area contributed by atoms with Crippen LogP contribution in [-0.2, 0) is 6.18 Å². The van der Waals surface area contributed by atoms with Crippen LogP contribution < -0.4 is 5.73 Å². The molecule has 0 fully saturated rings. The lowest BCUT2D eigenvalue weighted by Gasteiger charge is -2.10. The Kier molecular flexibility index (Phi) is 3.80. The highest BCUT2D eigenvalue weighted by Gasteiger charge is 2.31. The van der Waals surface area contributed by atoms with E-state index in [0.717, 1.165) is 23.5 Å². The van der Waals surface area contributed by atoms with Crippen molar-refractivity contribution < 1.29 is 13.2 Å². The first-order valence-corrected chi connectivity index (χ1v) is 7.02. The number of nitrogens with two attached hydrogens (primary N) is 1. The summed E-state index contributed by atoms with van der Waals surface area (Å²) in [5.74, 6) is 0. The summed E-state index contributed by atoms with van der Waals surface area (Å²) < 4.78 is 38.9. The lowest BCUT2D eigenvalue weighted by atomic mass is 10.1. The van der Waals surface area contributed by atoms with Crippen molar-refractivity contribution in [2.24, 2.45) is 0 Å².